The van der Waals surface area contributed by atoms with E-state index in [-0.39, 0.29) is 23.3 Å². The number of benzene rings is 1. The normalized spacial score (nSPS) is 12.5. The second-order valence-electron chi connectivity index (χ2n) is 4.18. The summed E-state index contributed by atoms with van der Waals surface area (Å²) in [6.07, 6.45) is 0.879. The van der Waals surface area contributed by atoms with Crippen LogP contribution in [0.1, 0.15) is 19.8 Å². The van der Waals surface area contributed by atoms with Crippen molar-refractivity contribution in [2.45, 2.75) is 25.9 Å². The van der Waals surface area contributed by atoms with Gasteiger partial charge in [0.05, 0.1) is 11.0 Å². The van der Waals surface area contributed by atoms with Crippen LogP contribution in [0.3, 0.4) is 0 Å². The third-order valence-corrected chi connectivity index (χ3v) is 2.82. The van der Waals surface area contributed by atoms with E-state index in [4.69, 9.17) is 4.42 Å². The van der Waals surface area contributed by atoms with Gasteiger partial charge in [0.1, 0.15) is 0 Å². The fraction of sp³-hybridized carbons (Fsp3) is 0.417. The molecule has 1 unspecified atom stereocenters. The van der Waals surface area contributed by atoms with E-state index in [0.717, 1.165) is 0 Å². The molecule has 0 bridgehead atoms. The second kappa shape index (κ2) is 5.66. The summed E-state index contributed by atoms with van der Waals surface area (Å²) in [6.45, 7) is 2.39. The number of anilines is 1. The highest BCUT2D eigenvalue weighted by molar-refractivity contribution is 5.83. The van der Waals surface area contributed by atoms with Crippen LogP contribution in [0.15, 0.2) is 22.6 Å². The molecule has 0 spiro atoms. The summed E-state index contributed by atoms with van der Waals surface area (Å²) in [7, 11) is 0. The molecule has 2 aromatic rings. The summed E-state index contributed by atoms with van der Waals surface area (Å²) in [6, 6.07) is 4.79. The van der Waals surface area contributed by atoms with Gasteiger partial charge in [-0.3, -0.25) is 10.1 Å². The van der Waals surface area contributed by atoms with Crippen molar-refractivity contribution in [2.75, 3.05) is 11.9 Å². The molecule has 0 saturated heterocycles. The third kappa shape index (κ3) is 3.00. The first-order chi connectivity index (χ1) is 9.11. The maximum absolute atomic E-state index is 10.8. The van der Waals surface area contributed by atoms with Crippen LogP contribution in [0.5, 0.6) is 0 Å². The number of aliphatic hydroxyl groups excluding tert-OH is 1. The van der Waals surface area contributed by atoms with Crippen LogP contribution in [0.4, 0.5) is 11.7 Å². The second-order valence-corrected chi connectivity index (χ2v) is 4.18. The number of nitrogens with zero attached hydrogens (tertiary/aromatic N) is 2. The molecular weight excluding hydrogens is 250 g/mol. The molecule has 0 aliphatic carbocycles. The number of aromatic nitrogens is 1. The lowest BCUT2D eigenvalue weighted by molar-refractivity contribution is -0.383. The monoisotopic (exact) mass is 265 g/mol. The van der Waals surface area contributed by atoms with Gasteiger partial charge in [0.15, 0.2) is 11.1 Å². The zero-order valence-electron chi connectivity index (χ0n) is 10.5. The predicted molar refractivity (Wildman–Crippen MR) is 70.1 cm³/mol. The van der Waals surface area contributed by atoms with E-state index in [0.29, 0.717) is 25.0 Å². The first-order valence-electron chi connectivity index (χ1n) is 6.07. The Labute approximate surface area is 109 Å². The molecule has 7 heteroatoms. The number of nitro benzene ring substituents is 1. The fourth-order valence-electron chi connectivity index (χ4n) is 1.71. The number of para-hydroxylation sites is 1. The van der Waals surface area contributed by atoms with E-state index in [2.05, 4.69) is 10.3 Å². The van der Waals surface area contributed by atoms with Crippen molar-refractivity contribution >= 4 is 22.8 Å². The summed E-state index contributed by atoms with van der Waals surface area (Å²) >= 11 is 0. The fourth-order valence-corrected chi connectivity index (χ4v) is 1.71. The van der Waals surface area contributed by atoms with E-state index in [1.54, 1.807) is 12.1 Å². The third-order valence-electron chi connectivity index (χ3n) is 2.82. The van der Waals surface area contributed by atoms with Gasteiger partial charge < -0.3 is 14.8 Å². The smallest absolute Gasteiger partial charge is 0.298 e. The van der Waals surface area contributed by atoms with Crippen molar-refractivity contribution in [3.63, 3.8) is 0 Å². The lowest BCUT2D eigenvalue weighted by Gasteiger charge is -2.06. The molecule has 1 heterocycles. The molecule has 1 atom stereocenters. The van der Waals surface area contributed by atoms with Gasteiger partial charge in [0.25, 0.3) is 11.7 Å². The predicted octanol–water partition coefficient (Wildman–Crippen LogP) is 2.31. The average Bonchev–Trinajstić information content (AvgIpc) is 2.80. The van der Waals surface area contributed by atoms with Crippen LogP contribution in [-0.4, -0.2) is 27.7 Å². The van der Waals surface area contributed by atoms with Crippen LogP contribution in [-0.2, 0) is 0 Å². The van der Waals surface area contributed by atoms with Gasteiger partial charge in [-0.25, -0.2) is 0 Å². The van der Waals surface area contributed by atoms with E-state index in [9.17, 15) is 15.2 Å². The van der Waals surface area contributed by atoms with Crippen molar-refractivity contribution in [1.82, 2.24) is 4.98 Å². The zero-order chi connectivity index (χ0) is 13.8. The van der Waals surface area contributed by atoms with Gasteiger partial charge in [-0.1, -0.05) is 13.0 Å². The number of non-ortho nitro benzene ring substituents is 1. The van der Waals surface area contributed by atoms with E-state index in [1.807, 2.05) is 6.92 Å². The summed E-state index contributed by atoms with van der Waals surface area (Å²) in [5, 5.41) is 23.2. The highest BCUT2D eigenvalue weighted by Crippen LogP contribution is 2.27. The standard InChI is InChI=1S/C12H15N3O4/c1-2-8(16)6-7-13-12-14-11-9(15(17)18)4-3-5-10(11)19-12/h3-5,8,16H,2,6-7H2,1H3,(H,13,14). The number of hydrogen-bond acceptors (Lipinski definition) is 6. The van der Waals surface area contributed by atoms with Crippen molar-refractivity contribution in [1.29, 1.82) is 0 Å². The Morgan fingerprint density at radius 3 is 3.05 bits per heavy atom. The molecule has 1 aromatic heterocycles. The number of oxazole rings is 1. The summed E-state index contributed by atoms with van der Waals surface area (Å²) in [5.41, 5.74) is 0.515. The Hall–Kier alpha value is -2.15. The zero-order valence-corrected chi connectivity index (χ0v) is 10.5. The number of nitrogens with one attached hydrogen (secondary N) is 1. The van der Waals surface area contributed by atoms with Crippen LogP contribution >= 0.6 is 0 Å². The quantitative estimate of drug-likeness (QED) is 0.613. The average molecular weight is 265 g/mol. The number of fused-ring (bicyclic) bond motifs is 1. The molecule has 2 rings (SSSR count). The van der Waals surface area contributed by atoms with Gasteiger partial charge >= 0.3 is 0 Å². The minimum Gasteiger partial charge on any atom is -0.423 e. The van der Waals surface area contributed by atoms with Gasteiger partial charge in [-0.05, 0) is 18.9 Å². The van der Waals surface area contributed by atoms with E-state index in [1.165, 1.54) is 6.07 Å². The molecule has 102 valence electrons. The van der Waals surface area contributed by atoms with Gasteiger partial charge in [0.2, 0.25) is 0 Å². The van der Waals surface area contributed by atoms with Gasteiger partial charge in [-0.15, -0.1) is 0 Å². The molecule has 2 N–H and O–H groups in total. The molecule has 0 amide bonds. The number of nitro groups is 1. The van der Waals surface area contributed by atoms with Crippen molar-refractivity contribution < 1.29 is 14.4 Å². The Balaban J connectivity index is 2.13. The van der Waals surface area contributed by atoms with Crippen LogP contribution in [0.25, 0.3) is 11.1 Å². The minimum atomic E-state index is -0.491. The Morgan fingerprint density at radius 2 is 2.37 bits per heavy atom. The molecule has 7 nitrogen and oxygen atoms in total. The maximum atomic E-state index is 10.8. The van der Waals surface area contributed by atoms with E-state index < -0.39 is 4.92 Å². The molecule has 0 fully saturated rings. The van der Waals surface area contributed by atoms with Crippen molar-refractivity contribution in [3.05, 3.63) is 28.3 Å². The van der Waals surface area contributed by atoms with Gasteiger partial charge in [0, 0.05) is 12.6 Å². The Bertz CT molecular complexity index is 581. The first-order valence-corrected chi connectivity index (χ1v) is 6.07. The molecule has 1 aromatic carbocycles. The van der Waals surface area contributed by atoms with E-state index >= 15 is 0 Å². The number of hydrogen-bond donors (Lipinski definition) is 2. The van der Waals surface area contributed by atoms with Crippen LogP contribution < -0.4 is 5.32 Å². The van der Waals surface area contributed by atoms with Crippen molar-refractivity contribution in [3.8, 4) is 0 Å². The van der Waals surface area contributed by atoms with Gasteiger partial charge in [-0.2, -0.15) is 4.98 Å². The molecule has 19 heavy (non-hydrogen) atoms. The Kier molecular flexibility index (Phi) is 3.96. The summed E-state index contributed by atoms with van der Waals surface area (Å²) in [4.78, 5) is 14.4. The highest BCUT2D eigenvalue weighted by Gasteiger charge is 2.17. The lowest BCUT2D eigenvalue weighted by Crippen LogP contribution is -2.12. The molecule has 0 aliphatic rings. The van der Waals surface area contributed by atoms with Crippen molar-refractivity contribution in [2.24, 2.45) is 0 Å². The SMILES string of the molecule is CCC(O)CCNc1nc2c([N+](=O)[O-])cccc2o1. The summed E-state index contributed by atoms with van der Waals surface area (Å²) in [5.74, 6) is 0. The number of rotatable bonds is 6. The minimum absolute atomic E-state index is 0.0807. The van der Waals surface area contributed by atoms with Crippen LogP contribution in [0.2, 0.25) is 0 Å². The first kappa shape index (κ1) is 13.3. The van der Waals surface area contributed by atoms with Crippen LogP contribution in [0, 0.1) is 10.1 Å². The molecule has 0 saturated carbocycles. The summed E-state index contributed by atoms with van der Waals surface area (Å²) < 4.78 is 5.37. The number of aliphatic hydroxyl groups is 1. The maximum Gasteiger partial charge on any atom is 0.298 e. The molecule has 0 aliphatic heterocycles. The topological polar surface area (TPSA) is 101 Å². The molecular formula is C12H15N3O4. The highest BCUT2D eigenvalue weighted by atomic mass is 16.6. The molecule has 0 radical (unpaired) electrons. The largest absolute Gasteiger partial charge is 0.423 e. The lowest BCUT2D eigenvalue weighted by atomic mass is 10.2. The Morgan fingerprint density at radius 1 is 1.58 bits per heavy atom.